The molecule has 0 unspecified atom stereocenters. The van der Waals surface area contributed by atoms with Crippen molar-refractivity contribution in [3.05, 3.63) is 74.1 Å². The fourth-order valence-corrected chi connectivity index (χ4v) is 6.35. The zero-order chi connectivity index (χ0) is 21.1. The van der Waals surface area contributed by atoms with Crippen molar-refractivity contribution in [3.8, 4) is 6.07 Å². The fraction of sp³-hybridized carbons (Fsp3) is 0.238. The van der Waals surface area contributed by atoms with Crippen LogP contribution in [0.15, 0.2) is 58.1 Å². The van der Waals surface area contributed by atoms with E-state index < -0.39 is 10.0 Å². The summed E-state index contributed by atoms with van der Waals surface area (Å²) in [6, 6.07) is 13.9. The summed E-state index contributed by atoms with van der Waals surface area (Å²) in [6.07, 6.45) is 0.912. The molecule has 0 aliphatic carbocycles. The molecular weight excluding hydrogens is 438 g/mol. The molecule has 1 N–H and O–H groups in total. The van der Waals surface area contributed by atoms with Gasteiger partial charge in [0.1, 0.15) is 0 Å². The molecule has 0 fully saturated rings. The van der Waals surface area contributed by atoms with E-state index in [0.29, 0.717) is 12.1 Å². The van der Waals surface area contributed by atoms with E-state index in [1.54, 1.807) is 34.8 Å². The highest BCUT2D eigenvalue weighted by Gasteiger charge is 2.34. The van der Waals surface area contributed by atoms with Gasteiger partial charge in [-0.25, -0.2) is 13.1 Å². The van der Waals surface area contributed by atoms with E-state index in [2.05, 4.69) is 16.2 Å². The molecule has 1 atom stereocenters. The van der Waals surface area contributed by atoms with Crippen molar-refractivity contribution in [2.75, 3.05) is 13.1 Å². The molecule has 9 heteroatoms. The first-order valence-corrected chi connectivity index (χ1v) is 12.6. The van der Waals surface area contributed by atoms with Crippen LogP contribution in [0.2, 0.25) is 0 Å². The molecule has 0 saturated heterocycles. The Labute approximate surface area is 183 Å². The van der Waals surface area contributed by atoms with Gasteiger partial charge in [0, 0.05) is 34.8 Å². The second-order valence-corrected chi connectivity index (χ2v) is 10.5. The molecule has 1 amide bonds. The van der Waals surface area contributed by atoms with E-state index in [-0.39, 0.29) is 29.8 Å². The molecule has 0 radical (unpaired) electrons. The summed E-state index contributed by atoms with van der Waals surface area (Å²) in [4.78, 5) is 17.7. The monoisotopic (exact) mass is 457 g/mol. The van der Waals surface area contributed by atoms with Gasteiger partial charge in [-0.15, -0.1) is 22.7 Å². The number of fused-ring (bicyclic) bond motifs is 1. The third-order valence-corrected chi connectivity index (χ3v) is 8.38. The van der Waals surface area contributed by atoms with Crippen LogP contribution in [0.4, 0.5) is 0 Å². The maximum absolute atomic E-state index is 13.3. The summed E-state index contributed by atoms with van der Waals surface area (Å²) >= 11 is 3.35. The van der Waals surface area contributed by atoms with Crippen LogP contribution < -0.4 is 4.72 Å². The van der Waals surface area contributed by atoms with E-state index in [9.17, 15) is 13.2 Å². The SMILES string of the molecule is N#CCCNS(=O)(=O)c1ccc(C(=O)N2CCc3sccc3[C@@H]2c2cccs2)cc1. The molecule has 0 saturated carbocycles. The number of rotatable bonds is 6. The number of hydrogen-bond donors (Lipinski definition) is 1. The van der Waals surface area contributed by atoms with Gasteiger partial charge in [0.05, 0.1) is 17.0 Å². The van der Waals surface area contributed by atoms with Crippen LogP contribution >= 0.6 is 22.7 Å². The Balaban J connectivity index is 1.59. The van der Waals surface area contributed by atoms with Crippen molar-refractivity contribution < 1.29 is 13.2 Å². The second-order valence-electron chi connectivity index (χ2n) is 6.80. The van der Waals surface area contributed by atoms with Gasteiger partial charge in [-0.3, -0.25) is 4.79 Å². The van der Waals surface area contributed by atoms with E-state index in [1.165, 1.54) is 22.6 Å². The highest BCUT2D eigenvalue weighted by molar-refractivity contribution is 7.89. The Hall–Kier alpha value is -2.51. The predicted octanol–water partition coefficient (Wildman–Crippen LogP) is 3.79. The maximum Gasteiger partial charge on any atom is 0.254 e. The molecule has 30 heavy (non-hydrogen) atoms. The number of carbonyl (C=O) groups excluding carboxylic acids is 1. The van der Waals surface area contributed by atoms with E-state index in [4.69, 9.17) is 5.26 Å². The molecular formula is C21H19N3O3S3. The van der Waals surface area contributed by atoms with E-state index >= 15 is 0 Å². The Bertz CT molecular complexity index is 1180. The summed E-state index contributed by atoms with van der Waals surface area (Å²) in [5.74, 6) is -0.119. The number of thiophene rings is 2. The van der Waals surface area contributed by atoms with E-state index in [0.717, 1.165) is 11.3 Å². The van der Waals surface area contributed by atoms with Gasteiger partial charge in [0.2, 0.25) is 10.0 Å². The lowest BCUT2D eigenvalue weighted by Gasteiger charge is -2.35. The third kappa shape index (κ3) is 4.04. The molecule has 154 valence electrons. The Morgan fingerprint density at radius 1 is 1.17 bits per heavy atom. The summed E-state index contributed by atoms with van der Waals surface area (Å²) in [7, 11) is -3.70. The topological polar surface area (TPSA) is 90.3 Å². The number of benzene rings is 1. The van der Waals surface area contributed by atoms with Crippen LogP contribution in [0.25, 0.3) is 0 Å². The minimum Gasteiger partial charge on any atom is -0.326 e. The van der Waals surface area contributed by atoms with Crippen LogP contribution in [0.1, 0.15) is 38.1 Å². The molecule has 6 nitrogen and oxygen atoms in total. The van der Waals surface area contributed by atoms with Crippen molar-refractivity contribution >= 4 is 38.6 Å². The minimum atomic E-state index is -3.70. The van der Waals surface area contributed by atoms with Gasteiger partial charge in [0.25, 0.3) is 5.91 Å². The Morgan fingerprint density at radius 3 is 2.67 bits per heavy atom. The first kappa shape index (κ1) is 20.8. The summed E-state index contributed by atoms with van der Waals surface area (Å²) in [5, 5.41) is 12.6. The van der Waals surface area contributed by atoms with Gasteiger partial charge < -0.3 is 4.90 Å². The Kier molecular flexibility index (Phi) is 6.01. The Morgan fingerprint density at radius 2 is 1.97 bits per heavy atom. The lowest BCUT2D eigenvalue weighted by molar-refractivity contribution is 0.0698. The normalized spacial score (nSPS) is 16.1. The summed E-state index contributed by atoms with van der Waals surface area (Å²) < 4.78 is 27.0. The first-order valence-electron chi connectivity index (χ1n) is 9.38. The number of nitrogens with zero attached hydrogens (tertiary/aromatic N) is 2. The molecule has 3 aromatic rings. The zero-order valence-corrected chi connectivity index (χ0v) is 18.4. The van der Waals surface area contributed by atoms with Crippen molar-refractivity contribution in [1.29, 1.82) is 5.26 Å². The van der Waals surface area contributed by atoms with Crippen molar-refractivity contribution in [3.63, 3.8) is 0 Å². The molecule has 2 aromatic heterocycles. The highest BCUT2D eigenvalue weighted by atomic mass is 32.2. The smallest absolute Gasteiger partial charge is 0.254 e. The average Bonchev–Trinajstić information content (AvgIpc) is 3.44. The minimum absolute atomic E-state index is 0.0543. The van der Waals surface area contributed by atoms with Crippen LogP contribution in [0.3, 0.4) is 0 Å². The zero-order valence-electron chi connectivity index (χ0n) is 15.9. The standard InChI is InChI=1S/C21H19N3O3S3/c22-10-2-11-23-30(26,27)16-6-4-15(5-7-16)21(25)24-12-8-18-17(9-14-29-18)20(24)19-3-1-13-28-19/h1,3-7,9,13-14,20,23H,2,8,11-12H2/t20-/m1/s1. The lowest BCUT2D eigenvalue weighted by Crippen LogP contribution is -2.39. The van der Waals surface area contributed by atoms with Gasteiger partial charge in [-0.05, 0) is 59.1 Å². The number of hydrogen-bond acceptors (Lipinski definition) is 6. The van der Waals surface area contributed by atoms with Crippen molar-refractivity contribution in [2.24, 2.45) is 0 Å². The molecule has 1 aromatic carbocycles. The quantitative estimate of drug-likeness (QED) is 0.570. The molecule has 3 heterocycles. The van der Waals surface area contributed by atoms with Gasteiger partial charge in [-0.2, -0.15) is 5.26 Å². The van der Waals surface area contributed by atoms with Crippen molar-refractivity contribution in [2.45, 2.75) is 23.8 Å². The predicted molar refractivity (Wildman–Crippen MR) is 117 cm³/mol. The first-order chi connectivity index (χ1) is 14.5. The summed E-state index contributed by atoms with van der Waals surface area (Å²) in [6.45, 7) is 0.670. The van der Waals surface area contributed by atoms with Crippen molar-refractivity contribution in [1.82, 2.24) is 9.62 Å². The number of sulfonamides is 1. The maximum atomic E-state index is 13.3. The number of carbonyl (C=O) groups is 1. The molecule has 1 aliphatic heterocycles. The van der Waals surface area contributed by atoms with Crippen LogP contribution in [-0.2, 0) is 16.4 Å². The third-order valence-electron chi connectivity index (χ3n) is 4.98. The summed E-state index contributed by atoms with van der Waals surface area (Å²) in [5.41, 5.74) is 1.62. The molecule has 1 aliphatic rings. The molecule has 0 spiro atoms. The van der Waals surface area contributed by atoms with Gasteiger partial charge in [-0.1, -0.05) is 6.07 Å². The van der Waals surface area contributed by atoms with Crippen LogP contribution in [0, 0.1) is 11.3 Å². The molecule has 0 bridgehead atoms. The fourth-order valence-electron chi connectivity index (χ4n) is 3.56. The van der Waals surface area contributed by atoms with Gasteiger partial charge in [0.15, 0.2) is 0 Å². The van der Waals surface area contributed by atoms with E-state index in [1.807, 2.05) is 28.5 Å². The van der Waals surface area contributed by atoms with Crippen LogP contribution in [0.5, 0.6) is 0 Å². The second kappa shape index (κ2) is 8.70. The lowest BCUT2D eigenvalue weighted by atomic mass is 9.97. The number of amides is 1. The largest absolute Gasteiger partial charge is 0.326 e. The highest BCUT2D eigenvalue weighted by Crippen LogP contribution is 2.40. The number of nitriles is 1. The van der Waals surface area contributed by atoms with Gasteiger partial charge >= 0.3 is 0 Å². The van der Waals surface area contributed by atoms with Crippen LogP contribution in [-0.4, -0.2) is 32.3 Å². The number of nitrogens with one attached hydrogen (secondary N) is 1. The average molecular weight is 458 g/mol. The molecule has 4 rings (SSSR count).